The van der Waals surface area contributed by atoms with Gasteiger partial charge in [-0.1, -0.05) is 11.8 Å². The van der Waals surface area contributed by atoms with Gasteiger partial charge in [0.05, 0.1) is 10.6 Å². The maximum absolute atomic E-state index is 12.6. The van der Waals surface area contributed by atoms with Gasteiger partial charge in [-0.15, -0.1) is 21.5 Å². The number of anilines is 1. The fourth-order valence-electron chi connectivity index (χ4n) is 3.76. The summed E-state index contributed by atoms with van der Waals surface area (Å²) in [6.07, 6.45) is 0. The molecule has 0 aliphatic rings. The number of benzene rings is 1. The summed E-state index contributed by atoms with van der Waals surface area (Å²) in [6.45, 7) is 12.3. The normalized spacial score (nSPS) is 12.4. The van der Waals surface area contributed by atoms with Crippen LogP contribution < -0.4 is 10.5 Å². The van der Waals surface area contributed by atoms with Crippen molar-refractivity contribution in [3.05, 3.63) is 50.9 Å². The number of fused-ring (bicyclic) bond motifs is 1. The van der Waals surface area contributed by atoms with Gasteiger partial charge in [0.1, 0.15) is 10.7 Å². The molecular weight excluding hydrogens is 440 g/mol. The number of rotatable bonds is 7. The minimum atomic E-state index is -0.0775. The van der Waals surface area contributed by atoms with Crippen molar-refractivity contribution in [3.63, 3.8) is 0 Å². The Hall–Kier alpha value is -2.65. The summed E-state index contributed by atoms with van der Waals surface area (Å²) in [6, 6.07) is 8.43. The molecule has 9 heteroatoms. The Morgan fingerprint density at radius 2 is 1.84 bits per heavy atom. The molecule has 0 saturated heterocycles. The van der Waals surface area contributed by atoms with Crippen LogP contribution in [0.1, 0.15) is 42.3 Å². The van der Waals surface area contributed by atoms with E-state index in [0.29, 0.717) is 11.2 Å². The molecule has 32 heavy (non-hydrogen) atoms. The van der Waals surface area contributed by atoms with Crippen LogP contribution in [0.5, 0.6) is 0 Å². The number of H-pyrrole nitrogens is 1. The molecule has 0 spiro atoms. The van der Waals surface area contributed by atoms with Gasteiger partial charge in [0.15, 0.2) is 11.0 Å². The number of thiophene rings is 1. The van der Waals surface area contributed by atoms with E-state index in [2.05, 4.69) is 58.2 Å². The average molecular weight is 469 g/mol. The van der Waals surface area contributed by atoms with Gasteiger partial charge < -0.3 is 14.5 Å². The SMILES string of the molecule is CCN(CC)c1ccc(-c2nnc(SC(C)c3nc4sc(C)c(C)c4c(=O)[nH]3)n2C)cc1. The summed E-state index contributed by atoms with van der Waals surface area (Å²) in [4.78, 5) is 24.6. The molecule has 1 atom stereocenters. The minimum Gasteiger partial charge on any atom is -0.372 e. The van der Waals surface area contributed by atoms with Crippen molar-refractivity contribution in [1.29, 1.82) is 0 Å². The van der Waals surface area contributed by atoms with Crippen molar-refractivity contribution < 1.29 is 0 Å². The highest BCUT2D eigenvalue weighted by Gasteiger charge is 2.19. The van der Waals surface area contributed by atoms with Gasteiger partial charge in [-0.25, -0.2) is 4.98 Å². The van der Waals surface area contributed by atoms with Gasteiger partial charge >= 0.3 is 0 Å². The molecule has 3 heterocycles. The standard InChI is InChI=1S/C23H28N6OS2/c1-7-29(8-2)17-11-9-16(10-12-17)20-26-27-23(28(20)6)32-15(5)19-24-21(30)18-13(3)14(4)31-22(18)25-19/h9-12,15H,7-8H2,1-6H3,(H,24,25,30). The second kappa shape index (κ2) is 9.07. The highest BCUT2D eigenvalue weighted by molar-refractivity contribution is 7.99. The predicted molar refractivity (Wildman–Crippen MR) is 134 cm³/mol. The lowest BCUT2D eigenvalue weighted by atomic mass is 10.2. The van der Waals surface area contributed by atoms with Gasteiger partial charge in [-0.3, -0.25) is 4.79 Å². The smallest absolute Gasteiger partial charge is 0.259 e. The molecule has 3 aromatic heterocycles. The fourth-order valence-corrected chi connectivity index (χ4v) is 5.67. The lowest BCUT2D eigenvalue weighted by Gasteiger charge is -2.21. The third-order valence-corrected chi connectivity index (χ3v) is 8.06. The molecule has 1 aromatic carbocycles. The first-order valence-electron chi connectivity index (χ1n) is 10.7. The van der Waals surface area contributed by atoms with Gasteiger partial charge in [-0.2, -0.15) is 0 Å². The number of aryl methyl sites for hydroxylation is 2. The zero-order valence-electron chi connectivity index (χ0n) is 19.3. The van der Waals surface area contributed by atoms with Crippen LogP contribution in [0.2, 0.25) is 0 Å². The van der Waals surface area contributed by atoms with Crippen molar-refractivity contribution in [2.24, 2.45) is 7.05 Å². The maximum atomic E-state index is 12.6. The number of hydrogen-bond donors (Lipinski definition) is 1. The number of nitrogens with one attached hydrogen (secondary N) is 1. The van der Waals surface area contributed by atoms with E-state index in [4.69, 9.17) is 4.98 Å². The highest BCUT2D eigenvalue weighted by Crippen LogP contribution is 2.35. The molecule has 0 amide bonds. The molecule has 1 N–H and O–H groups in total. The van der Waals surface area contributed by atoms with Crippen molar-refractivity contribution in [3.8, 4) is 11.4 Å². The second-order valence-electron chi connectivity index (χ2n) is 7.76. The molecule has 0 radical (unpaired) electrons. The fraction of sp³-hybridized carbons (Fsp3) is 0.391. The Bertz CT molecular complexity index is 1300. The monoisotopic (exact) mass is 468 g/mol. The summed E-state index contributed by atoms with van der Waals surface area (Å²) in [5.74, 6) is 1.47. The molecule has 7 nitrogen and oxygen atoms in total. The molecule has 4 aromatic rings. The van der Waals surface area contributed by atoms with E-state index < -0.39 is 0 Å². The van der Waals surface area contributed by atoms with Gasteiger partial charge in [0.25, 0.3) is 5.56 Å². The van der Waals surface area contributed by atoms with Gasteiger partial charge in [-0.05, 0) is 64.4 Å². The van der Waals surface area contributed by atoms with Gasteiger partial charge in [0.2, 0.25) is 0 Å². The Balaban J connectivity index is 1.57. The first-order valence-corrected chi connectivity index (χ1v) is 12.4. The van der Waals surface area contributed by atoms with Crippen LogP contribution in [0.3, 0.4) is 0 Å². The lowest BCUT2D eigenvalue weighted by molar-refractivity contribution is 0.786. The Morgan fingerprint density at radius 3 is 2.50 bits per heavy atom. The van der Waals surface area contributed by atoms with E-state index in [1.165, 1.54) is 17.4 Å². The number of hydrogen-bond acceptors (Lipinski definition) is 7. The summed E-state index contributed by atoms with van der Waals surface area (Å²) in [5, 5.41) is 10.2. The Labute approximate surface area is 195 Å². The second-order valence-corrected chi connectivity index (χ2v) is 10.3. The number of aromatic amines is 1. The Morgan fingerprint density at radius 1 is 1.16 bits per heavy atom. The number of aromatic nitrogens is 5. The molecule has 0 aliphatic carbocycles. The van der Waals surface area contributed by atoms with Gasteiger partial charge in [0, 0.05) is 36.3 Å². The first kappa shape index (κ1) is 22.5. The average Bonchev–Trinajstić information content (AvgIpc) is 3.28. The summed E-state index contributed by atoms with van der Waals surface area (Å²) < 4.78 is 1.99. The van der Waals surface area contributed by atoms with E-state index in [0.717, 1.165) is 44.9 Å². The van der Waals surface area contributed by atoms with E-state index >= 15 is 0 Å². The zero-order valence-corrected chi connectivity index (χ0v) is 20.9. The largest absolute Gasteiger partial charge is 0.372 e. The van der Waals surface area contributed by atoms with E-state index in [1.807, 2.05) is 32.4 Å². The summed E-state index contributed by atoms with van der Waals surface area (Å²) in [7, 11) is 1.97. The van der Waals surface area contributed by atoms with Crippen LogP contribution in [0, 0.1) is 13.8 Å². The van der Waals surface area contributed by atoms with Crippen LogP contribution in [0.25, 0.3) is 21.6 Å². The first-order chi connectivity index (χ1) is 15.3. The van der Waals surface area contributed by atoms with E-state index in [9.17, 15) is 4.79 Å². The van der Waals surface area contributed by atoms with Crippen molar-refractivity contribution in [2.75, 3.05) is 18.0 Å². The Kier molecular flexibility index (Phi) is 6.39. The highest BCUT2D eigenvalue weighted by atomic mass is 32.2. The third-order valence-electron chi connectivity index (χ3n) is 5.81. The maximum Gasteiger partial charge on any atom is 0.259 e. The summed E-state index contributed by atoms with van der Waals surface area (Å²) >= 11 is 3.10. The molecule has 4 rings (SSSR count). The summed E-state index contributed by atoms with van der Waals surface area (Å²) in [5.41, 5.74) is 3.16. The zero-order chi connectivity index (χ0) is 23.0. The molecule has 0 bridgehead atoms. The minimum absolute atomic E-state index is 0.0735. The molecule has 168 valence electrons. The van der Waals surface area contributed by atoms with Crippen molar-refractivity contribution >= 4 is 39.0 Å². The number of thioether (sulfide) groups is 1. The van der Waals surface area contributed by atoms with Crippen LogP contribution >= 0.6 is 23.1 Å². The topological polar surface area (TPSA) is 79.7 Å². The van der Waals surface area contributed by atoms with Crippen molar-refractivity contribution in [2.45, 2.75) is 45.0 Å². The quantitative estimate of drug-likeness (QED) is 0.380. The molecule has 0 fully saturated rings. The van der Waals surface area contributed by atoms with Crippen molar-refractivity contribution in [1.82, 2.24) is 24.7 Å². The molecule has 0 saturated carbocycles. The molecule has 0 aliphatic heterocycles. The van der Waals surface area contributed by atoms with E-state index in [1.54, 1.807) is 11.3 Å². The third kappa shape index (κ3) is 4.06. The lowest BCUT2D eigenvalue weighted by Crippen LogP contribution is -2.21. The van der Waals surface area contributed by atoms with Crippen LogP contribution in [-0.4, -0.2) is 37.8 Å². The van der Waals surface area contributed by atoms with Crippen LogP contribution in [-0.2, 0) is 7.05 Å². The van der Waals surface area contributed by atoms with Crippen LogP contribution in [0.15, 0.2) is 34.2 Å². The number of nitrogens with zero attached hydrogens (tertiary/aromatic N) is 5. The van der Waals surface area contributed by atoms with Crippen LogP contribution in [0.4, 0.5) is 5.69 Å². The van der Waals surface area contributed by atoms with E-state index in [-0.39, 0.29) is 10.8 Å². The molecular formula is C23H28N6OS2. The molecule has 1 unspecified atom stereocenters. The predicted octanol–water partition coefficient (Wildman–Crippen LogP) is 5.10.